The number of carbonyl (C=O) groups is 1. The van der Waals surface area contributed by atoms with Gasteiger partial charge in [0.15, 0.2) is 0 Å². The molecule has 4 heteroatoms. The fraction of sp³-hybridized carbons (Fsp3) is 0.900. The van der Waals surface area contributed by atoms with Crippen molar-refractivity contribution in [3.05, 3.63) is 0 Å². The van der Waals surface area contributed by atoms with Crippen molar-refractivity contribution in [2.75, 3.05) is 32.7 Å². The monoisotopic (exact) mass is 199 g/mol. The van der Waals surface area contributed by atoms with Crippen LogP contribution >= 0.6 is 0 Å². The minimum atomic E-state index is -0.0390. The molecule has 0 aromatic rings. The second kappa shape index (κ2) is 5.98. The molecule has 1 amide bonds. The third-order valence-corrected chi connectivity index (χ3v) is 2.93. The summed E-state index contributed by atoms with van der Waals surface area (Å²) in [7, 11) is 0. The zero-order valence-electron chi connectivity index (χ0n) is 8.96. The van der Waals surface area contributed by atoms with Crippen molar-refractivity contribution >= 4 is 5.91 Å². The number of hydrogen-bond donors (Lipinski definition) is 2. The summed E-state index contributed by atoms with van der Waals surface area (Å²) in [6.45, 7) is 6.57. The van der Waals surface area contributed by atoms with Crippen molar-refractivity contribution in [1.82, 2.24) is 10.2 Å². The van der Waals surface area contributed by atoms with Crippen LogP contribution in [0.4, 0.5) is 0 Å². The molecule has 0 spiro atoms. The van der Waals surface area contributed by atoms with E-state index in [1.165, 1.54) is 25.9 Å². The highest BCUT2D eigenvalue weighted by Gasteiger charge is 2.17. The Bertz CT molecular complexity index is 176. The Balaban J connectivity index is 2.13. The van der Waals surface area contributed by atoms with Crippen LogP contribution in [0, 0.1) is 5.92 Å². The van der Waals surface area contributed by atoms with Gasteiger partial charge in [-0.05, 0) is 38.4 Å². The minimum absolute atomic E-state index is 0.0390. The standard InChI is InChI=1S/C10H21N3O/c1-2-13-5-3-9(4-6-13)8-12-10(14)7-11/h9H,2-8,11H2,1H3,(H,12,14). The molecule has 0 aliphatic carbocycles. The van der Waals surface area contributed by atoms with Crippen LogP contribution in [0.15, 0.2) is 0 Å². The predicted octanol–water partition coefficient (Wildman–Crippen LogP) is -0.207. The summed E-state index contributed by atoms with van der Waals surface area (Å²) in [4.78, 5) is 13.4. The number of amides is 1. The first kappa shape index (κ1) is 11.5. The minimum Gasteiger partial charge on any atom is -0.355 e. The second-order valence-electron chi connectivity index (χ2n) is 3.89. The molecule has 0 atom stereocenters. The van der Waals surface area contributed by atoms with Gasteiger partial charge < -0.3 is 16.0 Å². The molecule has 0 bridgehead atoms. The summed E-state index contributed by atoms with van der Waals surface area (Å²) in [6, 6.07) is 0. The summed E-state index contributed by atoms with van der Waals surface area (Å²) in [5, 5.41) is 2.85. The highest BCUT2D eigenvalue weighted by atomic mass is 16.1. The molecule has 0 radical (unpaired) electrons. The molecule has 1 fully saturated rings. The number of rotatable bonds is 4. The predicted molar refractivity (Wildman–Crippen MR) is 56.9 cm³/mol. The third kappa shape index (κ3) is 3.64. The summed E-state index contributed by atoms with van der Waals surface area (Å²) < 4.78 is 0. The fourth-order valence-electron chi connectivity index (χ4n) is 1.84. The normalized spacial score (nSPS) is 19.6. The molecule has 14 heavy (non-hydrogen) atoms. The number of nitrogens with two attached hydrogens (primary N) is 1. The molecular weight excluding hydrogens is 178 g/mol. The van der Waals surface area contributed by atoms with Crippen molar-refractivity contribution in [3.8, 4) is 0 Å². The van der Waals surface area contributed by atoms with E-state index < -0.39 is 0 Å². The number of nitrogens with zero attached hydrogens (tertiary/aromatic N) is 1. The van der Waals surface area contributed by atoms with Crippen LogP contribution in [0.1, 0.15) is 19.8 Å². The summed E-state index contributed by atoms with van der Waals surface area (Å²) >= 11 is 0. The van der Waals surface area contributed by atoms with Crippen LogP contribution in [0.2, 0.25) is 0 Å². The molecule has 1 aliphatic rings. The van der Waals surface area contributed by atoms with Crippen molar-refractivity contribution in [2.45, 2.75) is 19.8 Å². The highest BCUT2D eigenvalue weighted by Crippen LogP contribution is 2.15. The first-order valence-electron chi connectivity index (χ1n) is 5.45. The summed E-state index contributed by atoms with van der Waals surface area (Å²) in [5.74, 6) is 0.608. The van der Waals surface area contributed by atoms with E-state index in [-0.39, 0.29) is 12.5 Å². The van der Waals surface area contributed by atoms with Gasteiger partial charge in [0.25, 0.3) is 0 Å². The number of hydrogen-bond acceptors (Lipinski definition) is 3. The maximum Gasteiger partial charge on any atom is 0.233 e. The van der Waals surface area contributed by atoms with E-state index in [1.54, 1.807) is 0 Å². The Hall–Kier alpha value is -0.610. The van der Waals surface area contributed by atoms with E-state index >= 15 is 0 Å². The molecule has 1 aliphatic heterocycles. The first-order valence-corrected chi connectivity index (χ1v) is 5.45. The first-order chi connectivity index (χ1) is 6.76. The average molecular weight is 199 g/mol. The molecule has 1 rings (SSSR count). The highest BCUT2D eigenvalue weighted by molar-refractivity contribution is 5.77. The second-order valence-corrected chi connectivity index (χ2v) is 3.89. The van der Waals surface area contributed by atoms with Crippen LogP contribution < -0.4 is 11.1 Å². The maximum atomic E-state index is 10.9. The molecule has 0 aromatic heterocycles. The lowest BCUT2D eigenvalue weighted by Gasteiger charge is -2.30. The Labute approximate surface area is 85.8 Å². The Morgan fingerprint density at radius 3 is 2.64 bits per heavy atom. The molecule has 0 unspecified atom stereocenters. The lowest BCUT2D eigenvalue weighted by Crippen LogP contribution is -2.39. The number of carbonyl (C=O) groups excluding carboxylic acids is 1. The van der Waals surface area contributed by atoms with Gasteiger partial charge in [0, 0.05) is 6.54 Å². The third-order valence-electron chi connectivity index (χ3n) is 2.93. The lowest BCUT2D eigenvalue weighted by molar-refractivity contribution is -0.119. The zero-order chi connectivity index (χ0) is 10.4. The van der Waals surface area contributed by atoms with Crippen LogP contribution in [0.3, 0.4) is 0 Å². The number of likely N-dealkylation sites (tertiary alicyclic amines) is 1. The molecule has 1 saturated heterocycles. The smallest absolute Gasteiger partial charge is 0.233 e. The SMILES string of the molecule is CCN1CCC(CNC(=O)CN)CC1. The quantitative estimate of drug-likeness (QED) is 0.659. The Kier molecular flexibility index (Phi) is 4.90. The van der Waals surface area contributed by atoms with Gasteiger partial charge in [0.05, 0.1) is 6.54 Å². The van der Waals surface area contributed by atoms with Crippen molar-refractivity contribution in [2.24, 2.45) is 11.7 Å². The number of nitrogens with one attached hydrogen (secondary N) is 1. The largest absolute Gasteiger partial charge is 0.355 e. The van der Waals surface area contributed by atoms with E-state index in [0.717, 1.165) is 13.1 Å². The van der Waals surface area contributed by atoms with Gasteiger partial charge in [-0.3, -0.25) is 4.79 Å². The molecule has 0 saturated carbocycles. The van der Waals surface area contributed by atoms with E-state index in [0.29, 0.717) is 5.92 Å². The van der Waals surface area contributed by atoms with E-state index in [4.69, 9.17) is 5.73 Å². The molecule has 82 valence electrons. The van der Waals surface area contributed by atoms with E-state index in [2.05, 4.69) is 17.1 Å². The van der Waals surface area contributed by atoms with Crippen LogP contribution in [0.5, 0.6) is 0 Å². The van der Waals surface area contributed by atoms with Gasteiger partial charge in [0.2, 0.25) is 5.91 Å². The van der Waals surface area contributed by atoms with Gasteiger partial charge in [-0.1, -0.05) is 6.92 Å². The van der Waals surface area contributed by atoms with Crippen LogP contribution in [0.25, 0.3) is 0 Å². The van der Waals surface area contributed by atoms with Gasteiger partial charge in [-0.25, -0.2) is 0 Å². The van der Waals surface area contributed by atoms with Crippen molar-refractivity contribution in [1.29, 1.82) is 0 Å². The topological polar surface area (TPSA) is 58.4 Å². The maximum absolute atomic E-state index is 10.9. The summed E-state index contributed by atoms with van der Waals surface area (Å²) in [6.07, 6.45) is 2.39. The fourth-order valence-corrected chi connectivity index (χ4v) is 1.84. The van der Waals surface area contributed by atoms with Gasteiger partial charge >= 0.3 is 0 Å². The van der Waals surface area contributed by atoms with Crippen molar-refractivity contribution in [3.63, 3.8) is 0 Å². The molecular formula is C10H21N3O. The van der Waals surface area contributed by atoms with Gasteiger partial charge in [-0.15, -0.1) is 0 Å². The van der Waals surface area contributed by atoms with E-state index in [9.17, 15) is 4.79 Å². The summed E-state index contributed by atoms with van der Waals surface area (Å²) in [5.41, 5.74) is 5.21. The molecule has 4 nitrogen and oxygen atoms in total. The van der Waals surface area contributed by atoms with Crippen LogP contribution in [-0.4, -0.2) is 43.5 Å². The zero-order valence-corrected chi connectivity index (χ0v) is 8.96. The van der Waals surface area contributed by atoms with Crippen LogP contribution in [-0.2, 0) is 4.79 Å². The Morgan fingerprint density at radius 1 is 1.50 bits per heavy atom. The Morgan fingerprint density at radius 2 is 2.14 bits per heavy atom. The van der Waals surface area contributed by atoms with Gasteiger partial charge in [-0.2, -0.15) is 0 Å². The average Bonchev–Trinajstić information content (AvgIpc) is 2.26. The van der Waals surface area contributed by atoms with Gasteiger partial charge in [0.1, 0.15) is 0 Å². The molecule has 0 aromatic carbocycles. The molecule has 3 N–H and O–H groups in total. The lowest BCUT2D eigenvalue weighted by atomic mass is 9.97. The number of piperidine rings is 1. The van der Waals surface area contributed by atoms with Crippen molar-refractivity contribution < 1.29 is 4.79 Å². The molecule has 1 heterocycles. The van der Waals surface area contributed by atoms with E-state index in [1.807, 2.05) is 0 Å².